The second-order valence-corrected chi connectivity index (χ2v) is 4.27. The Bertz CT molecular complexity index is 420. The molecule has 6 nitrogen and oxygen atoms in total. The molecule has 0 bridgehead atoms. The molecule has 0 aliphatic rings. The summed E-state index contributed by atoms with van der Waals surface area (Å²) in [5.74, 6) is -0.814. The van der Waals surface area contributed by atoms with E-state index >= 15 is 0 Å². The van der Waals surface area contributed by atoms with Crippen molar-refractivity contribution in [1.82, 2.24) is 10.3 Å². The molecule has 0 fully saturated rings. The van der Waals surface area contributed by atoms with Crippen LogP contribution in [0.4, 0.5) is 0 Å². The van der Waals surface area contributed by atoms with Gasteiger partial charge in [-0.05, 0) is 24.5 Å². The van der Waals surface area contributed by atoms with Crippen LogP contribution in [0.5, 0.6) is 0 Å². The molecule has 19 heavy (non-hydrogen) atoms. The van der Waals surface area contributed by atoms with Gasteiger partial charge in [0.25, 0.3) is 0 Å². The van der Waals surface area contributed by atoms with Crippen molar-refractivity contribution in [2.75, 3.05) is 6.54 Å². The molecule has 1 aromatic rings. The fourth-order valence-corrected chi connectivity index (χ4v) is 1.77. The summed E-state index contributed by atoms with van der Waals surface area (Å²) in [6.07, 6.45) is 5.52. The van der Waals surface area contributed by atoms with Crippen molar-refractivity contribution in [3.63, 3.8) is 0 Å². The first-order chi connectivity index (χ1) is 9.19. The Labute approximate surface area is 112 Å². The summed E-state index contributed by atoms with van der Waals surface area (Å²) in [5, 5.41) is 14.4. The van der Waals surface area contributed by atoms with Crippen LogP contribution in [-0.2, 0) is 11.2 Å². The molecule has 1 amide bonds. The molecule has 0 radical (unpaired) electrons. The molecule has 1 rings (SSSR count). The Morgan fingerprint density at radius 2 is 2.42 bits per heavy atom. The molecule has 4 N–H and O–H groups in total. The molecule has 0 aliphatic heterocycles. The fourth-order valence-electron chi connectivity index (χ4n) is 1.77. The minimum Gasteiger partial charge on any atom is -0.409 e. The number of amides is 1. The summed E-state index contributed by atoms with van der Waals surface area (Å²) in [5.41, 5.74) is 6.57. The smallest absolute Gasteiger partial charge is 0.230 e. The average Bonchev–Trinajstić information content (AvgIpc) is 2.45. The van der Waals surface area contributed by atoms with E-state index < -0.39 is 5.92 Å². The number of amidine groups is 1. The highest BCUT2D eigenvalue weighted by molar-refractivity contribution is 6.02. The van der Waals surface area contributed by atoms with Gasteiger partial charge >= 0.3 is 0 Å². The van der Waals surface area contributed by atoms with E-state index in [0.717, 1.165) is 12.0 Å². The van der Waals surface area contributed by atoms with Crippen LogP contribution in [-0.4, -0.2) is 28.5 Å². The van der Waals surface area contributed by atoms with Gasteiger partial charge in [0.2, 0.25) is 5.91 Å². The number of hydrogen-bond donors (Lipinski definition) is 3. The maximum atomic E-state index is 11.9. The van der Waals surface area contributed by atoms with Crippen LogP contribution in [0.2, 0.25) is 0 Å². The highest BCUT2D eigenvalue weighted by Gasteiger charge is 2.21. The van der Waals surface area contributed by atoms with Gasteiger partial charge in [0.05, 0.1) is 5.92 Å². The second-order valence-electron chi connectivity index (χ2n) is 4.27. The Hall–Kier alpha value is -2.11. The zero-order valence-electron chi connectivity index (χ0n) is 11.0. The molecule has 1 aromatic heterocycles. The molecule has 0 saturated carbocycles. The zero-order valence-corrected chi connectivity index (χ0v) is 11.0. The van der Waals surface area contributed by atoms with Crippen molar-refractivity contribution in [2.24, 2.45) is 16.8 Å². The molecule has 6 heteroatoms. The summed E-state index contributed by atoms with van der Waals surface area (Å²) in [7, 11) is 0. The van der Waals surface area contributed by atoms with Gasteiger partial charge in [-0.2, -0.15) is 0 Å². The number of carbonyl (C=O) groups excluding carboxylic acids is 1. The molecule has 0 aromatic carbocycles. The lowest BCUT2D eigenvalue weighted by Crippen LogP contribution is -2.39. The van der Waals surface area contributed by atoms with Gasteiger partial charge < -0.3 is 16.3 Å². The number of rotatable bonds is 7. The number of hydrogen-bond acceptors (Lipinski definition) is 4. The van der Waals surface area contributed by atoms with Crippen molar-refractivity contribution < 1.29 is 10.0 Å². The van der Waals surface area contributed by atoms with Gasteiger partial charge in [-0.15, -0.1) is 0 Å². The highest BCUT2D eigenvalue weighted by atomic mass is 16.4. The first kappa shape index (κ1) is 14.9. The molecule has 0 saturated heterocycles. The molecule has 1 heterocycles. The summed E-state index contributed by atoms with van der Waals surface area (Å²) >= 11 is 0. The van der Waals surface area contributed by atoms with Gasteiger partial charge in [-0.1, -0.05) is 24.6 Å². The normalized spacial score (nSPS) is 13.0. The summed E-state index contributed by atoms with van der Waals surface area (Å²) < 4.78 is 0. The molecular formula is C13H20N4O2. The quantitative estimate of drug-likeness (QED) is 0.295. The number of aromatic nitrogens is 1. The van der Waals surface area contributed by atoms with Crippen LogP contribution in [0.3, 0.4) is 0 Å². The molecule has 1 atom stereocenters. The van der Waals surface area contributed by atoms with Crippen LogP contribution < -0.4 is 11.1 Å². The van der Waals surface area contributed by atoms with E-state index in [1.54, 1.807) is 12.4 Å². The van der Waals surface area contributed by atoms with Crippen LogP contribution in [0.1, 0.15) is 25.3 Å². The number of nitrogens with two attached hydrogens (primary N) is 1. The number of carbonyl (C=O) groups is 1. The maximum Gasteiger partial charge on any atom is 0.230 e. The molecule has 0 aliphatic carbocycles. The fraction of sp³-hybridized carbons (Fsp3) is 0.462. The predicted octanol–water partition coefficient (Wildman–Crippen LogP) is 0.903. The summed E-state index contributed by atoms with van der Waals surface area (Å²) in [4.78, 5) is 15.9. The number of nitrogens with one attached hydrogen (secondary N) is 1. The van der Waals surface area contributed by atoms with E-state index in [0.29, 0.717) is 19.4 Å². The van der Waals surface area contributed by atoms with Crippen LogP contribution in [0.15, 0.2) is 29.7 Å². The van der Waals surface area contributed by atoms with E-state index in [1.807, 2.05) is 19.1 Å². The first-order valence-electron chi connectivity index (χ1n) is 6.33. The SMILES string of the molecule is CCCC(C(=O)NCCc1cccnc1)C(N)=NO. The number of nitrogens with zero attached hydrogens (tertiary/aromatic N) is 2. The van der Waals surface area contributed by atoms with Crippen molar-refractivity contribution in [1.29, 1.82) is 0 Å². The Balaban J connectivity index is 2.44. The van der Waals surface area contributed by atoms with E-state index in [1.165, 1.54) is 0 Å². The van der Waals surface area contributed by atoms with Crippen molar-refractivity contribution in [3.05, 3.63) is 30.1 Å². The van der Waals surface area contributed by atoms with Gasteiger partial charge in [-0.3, -0.25) is 9.78 Å². The summed E-state index contributed by atoms with van der Waals surface area (Å²) in [6, 6.07) is 3.81. The lowest BCUT2D eigenvalue weighted by Gasteiger charge is -2.14. The molecular weight excluding hydrogens is 244 g/mol. The van der Waals surface area contributed by atoms with E-state index in [9.17, 15) is 4.79 Å². The van der Waals surface area contributed by atoms with Gasteiger partial charge in [0.1, 0.15) is 0 Å². The monoisotopic (exact) mass is 264 g/mol. The first-order valence-corrected chi connectivity index (χ1v) is 6.33. The van der Waals surface area contributed by atoms with Gasteiger partial charge in [0, 0.05) is 18.9 Å². The Morgan fingerprint density at radius 3 is 3.00 bits per heavy atom. The number of oxime groups is 1. The molecule has 104 valence electrons. The van der Waals surface area contributed by atoms with Crippen molar-refractivity contribution in [3.8, 4) is 0 Å². The zero-order chi connectivity index (χ0) is 14.1. The summed E-state index contributed by atoms with van der Waals surface area (Å²) in [6.45, 7) is 2.45. The topological polar surface area (TPSA) is 101 Å². The van der Waals surface area contributed by atoms with Crippen LogP contribution in [0, 0.1) is 5.92 Å². The molecule has 0 spiro atoms. The predicted molar refractivity (Wildman–Crippen MR) is 72.8 cm³/mol. The average molecular weight is 264 g/mol. The maximum absolute atomic E-state index is 11.9. The van der Waals surface area contributed by atoms with Gasteiger partial charge in [-0.25, -0.2) is 0 Å². The second kappa shape index (κ2) is 8.07. The number of pyridine rings is 1. The van der Waals surface area contributed by atoms with E-state index in [2.05, 4.69) is 15.5 Å². The Kier molecular flexibility index (Phi) is 6.35. The largest absolute Gasteiger partial charge is 0.409 e. The van der Waals surface area contributed by atoms with Crippen molar-refractivity contribution >= 4 is 11.7 Å². The third-order valence-electron chi connectivity index (χ3n) is 2.80. The van der Waals surface area contributed by atoms with E-state index in [-0.39, 0.29) is 11.7 Å². The lowest BCUT2D eigenvalue weighted by atomic mass is 10.0. The van der Waals surface area contributed by atoms with E-state index in [4.69, 9.17) is 10.9 Å². The highest BCUT2D eigenvalue weighted by Crippen LogP contribution is 2.07. The lowest BCUT2D eigenvalue weighted by molar-refractivity contribution is -0.123. The van der Waals surface area contributed by atoms with Gasteiger partial charge in [0.15, 0.2) is 5.84 Å². The van der Waals surface area contributed by atoms with Crippen LogP contribution in [0.25, 0.3) is 0 Å². The third-order valence-corrected chi connectivity index (χ3v) is 2.80. The third kappa shape index (κ3) is 4.95. The van der Waals surface area contributed by atoms with Crippen LogP contribution >= 0.6 is 0 Å². The van der Waals surface area contributed by atoms with Crippen molar-refractivity contribution in [2.45, 2.75) is 26.2 Å². The Morgan fingerprint density at radius 1 is 1.63 bits per heavy atom. The minimum atomic E-state index is -0.566. The standard InChI is InChI=1S/C13H20N4O2/c1-2-4-11(12(14)17-19)13(18)16-8-6-10-5-3-7-15-9-10/h3,5,7,9,11,19H,2,4,6,8H2,1H3,(H2,14,17)(H,16,18). The molecule has 1 unspecified atom stereocenters. The minimum absolute atomic E-state index is 0.0410.